The number of nitrogens with zero attached hydrogens (tertiary/aromatic N) is 1. The molecule has 0 amide bonds. The Morgan fingerprint density at radius 3 is 2.20 bits per heavy atom. The Morgan fingerprint density at radius 1 is 0.867 bits per heavy atom. The Balaban J connectivity index is 1.76. The van der Waals surface area contributed by atoms with E-state index in [9.17, 15) is 8.42 Å². The van der Waals surface area contributed by atoms with E-state index in [-0.39, 0.29) is 9.92 Å². The first-order valence-electron chi connectivity index (χ1n) is 8.98. The Labute approximate surface area is 190 Å². The molecule has 0 radical (unpaired) electrons. The maximum atomic E-state index is 13.4. The van der Waals surface area contributed by atoms with Gasteiger partial charge in [-0.3, -0.25) is 0 Å². The van der Waals surface area contributed by atoms with Gasteiger partial charge in [-0.25, -0.2) is 8.42 Å². The summed E-state index contributed by atoms with van der Waals surface area (Å²) in [6, 6.07) is 20.6. The molecule has 154 valence electrons. The van der Waals surface area contributed by atoms with Crippen LogP contribution in [0, 0.1) is 0 Å². The van der Waals surface area contributed by atoms with E-state index in [2.05, 4.69) is 0 Å². The summed E-state index contributed by atoms with van der Waals surface area (Å²) in [5.74, 6) is 0. The Kier molecular flexibility index (Phi) is 5.98. The molecule has 0 spiro atoms. The van der Waals surface area contributed by atoms with Gasteiger partial charge in [0.15, 0.2) is 11.3 Å². The molecule has 3 aromatic carbocycles. The number of hydrogen-bond donors (Lipinski definition) is 0. The zero-order valence-corrected chi connectivity index (χ0v) is 18.6. The molecule has 4 nitrogen and oxygen atoms in total. The fourth-order valence-corrected chi connectivity index (χ4v) is 5.23. The highest BCUT2D eigenvalue weighted by Gasteiger charge is 2.38. The molecule has 1 heterocycles. The molecule has 0 N–H and O–H groups in total. The van der Waals surface area contributed by atoms with Crippen LogP contribution in [0.3, 0.4) is 0 Å². The molecule has 8 heteroatoms. The predicted molar refractivity (Wildman–Crippen MR) is 119 cm³/mol. The molecule has 0 aliphatic carbocycles. The molecule has 1 aliphatic rings. The summed E-state index contributed by atoms with van der Waals surface area (Å²) in [7, 11) is -3.85. The van der Waals surface area contributed by atoms with Crippen LogP contribution in [0.15, 0.2) is 89.0 Å². The summed E-state index contributed by atoms with van der Waals surface area (Å²) in [6.45, 7) is 0.309. The minimum atomic E-state index is -3.85. The summed E-state index contributed by atoms with van der Waals surface area (Å²) >= 11 is 18.3. The van der Waals surface area contributed by atoms with E-state index in [1.165, 1.54) is 18.4 Å². The maximum Gasteiger partial charge on any atom is 0.224 e. The number of rotatable bonds is 5. The largest absolute Gasteiger partial charge is 0.471 e. The Hall–Kier alpha value is -2.18. The van der Waals surface area contributed by atoms with Crippen molar-refractivity contribution >= 4 is 44.6 Å². The van der Waals surface area contributed by atoms with E-state index in [4.69, 9.17) is 39.5 Å². The van der Waals surface area contributed by atoms with Crippen molar-refractivity contribution in [2.24, 2.45) is 0 Å². The van der Waals surface area contributed by atoms with Crippen LogP contribution in [0.1, 0.15) is 17.4 Å². The van der Waals surface area contributed by atoms with Crippen LogP contribution >= 0.6 is 34.8 Å². The summed E-state index contributed by atoms with van der Waals surface area (Å²) in [6.07, 6.45) is 0.551. The number of hydrogen-bond acceptors (Lipinski definition) is 4. The van der Waals surface area contributed by atoms with Crippen LogP contribution in [0.25, 0.3) is 0 Å². The van der Waals surface area contributed by atoms with Gasteiger partial charge in [-0.2, -0.15) is 0 Å². The normalized spacial score (nSPS) is 16.3. The monoisotopic (exact) mass is 479 g/mol. The molecule has 1 aliphatic heterocycles. The second kappa shape index (κ2) is 8.52. The molecule has 0 saturated heterocycles. The van der Waals surface area contributed by atoms with E-state index in [1.807, 2.05) is 30.3 Å². The lowest BCUT2D eigenvalue weighted by Crippen LogP contribution is -2.28. The van der Waals surface area contributed by atoms with E-state index in [1.54, 1.807) is 35.2 Å². The fourth-order valence-electron chi connectivity index (χ4n) is 3.22. The van der Waals surface area contributed by atoms with Crippen molar-refractivity contribution in [3.05, 3.63) is 110 Å². The third kappa shape index (κ3) is 4.16. The maximum absolute atomic E-state index is 13.4. The highest BCUT2D eigenvalue weighted by molar-refractivity contribution is 7.95. The molecule has 0 aromatic heterocycles. The van der Waals surface area contributed by atoms with Crippen LogP contribution in [-0.4, -0.2) is 13.3 Å². The number of halogens is 3. The zero-order chi connectivity index (χ0) is 21.3. The van der Waals surface area contributed by atoms with Crippen molar-refractivity contribution in [2.75, 3.05) is 0 Å². The Morgan fingerprint density at radius 2 is 1.53 bits per heavy atom. The minimum absolute atomic E-state index is 0.0460. The molecular formula is C22H16Cl3NO3S. The van der Waals surface area contributed by atoms with Crippen LogP contribution in [0.4, 0.5) is 0 Å². The number of ether oxygens (including phenoxy) is 1. The van der Waals surface area contributed by atoms with Gasteiger partial charge in [0.1, 0.15) is 6.26 Å². The predicted octanol–water partition coefficient (Wildman–Crippen LogP) is 6.45. The van der Waals surface area contributed by atoms with Gasteiger partial charge in [0, 0.05) is 22.2 Å². The molecule has 1 atom stereocenters. The van der Waals surface area contributed by atoms with Gasteiger partial charge < -0.3 is 9.64 Å². The lowest BCUT2D eigenvalue weighted by Gasteiger charge is -2.28. The van der Waals surface area contributed by atoms with Crippen LogP contribution in [0.2, 0.25) is 15.1 Å². The van der Waals surface area contributed by atoms with E-state index in [0.717, 1.165) is 5.56 Å². The molecule has 30 heavy (non-hydrogen) atoms. The molecule has 0 fully saturated rings. The first kappa shape index (κ1) is 21.1. The third-order valence-corrected chi connectivity index (χ3v) is 7.28. The molecule has 1 unspecified atom stereocenters. The van der Waals surface area contributed by atoms with Gasteiger partial charge in [0.05, 0.1) is 9.92 Å². The lowest BCUT2D eigenvalue weighted by molar-refractivity contribution is 0.0505. The average Bonchev–Trinajstić information content (AvgIpc) is 3.13. The van der Waals surface area contributed by atoms with Gasteiger partial charge in [-0.1, -0.05) is 71.2 Å². The zero-order valence-electron chi connectivity index (χ0n) is 15.5. The van der Waals surface area contributed by atoms with Crippen molar-refractivity contribution in [2.45, 2.75) is 17.7 Å². The standard InChI is InChI=1S/C22H16Cl3NO3S/c23-16-6-9-18(10-7-16)30(27,28)21-14-29-22(19-11-8-17(24)12-20(19)25)26(21)13-15-4-2-1-3-5-15/h1-12,14,22H,13H2. The fraction of sp³-hybridized carbons (Fsp3) is 0.0909. The van der Waals surface area contributed by atoms with E-state index >= 15 is 0 Å². The lowest BCUT2D eigenvalue weighted by atomic mass is 10.1. The molecule has 3 aromatic rings. The van der Waals surface area contributed by atoms with Crippen molar-refractivity contribution in [3.63, 3.8) is 0 Å². The topological polar surface area (TPSA) is 46.6 Å². The van der Waals surface area contributed by atoms with Crippen LogP contribution < -0.4 is 0 Å². The summed E-state index contributed by atoms with van der Waals surface area (Å²) in [5, 5.41) is 1.38. The summed E-state index contributed by atoms with van der Waals surface area (Å²) in [5.41, 5.74) is 1.55. The van der Waals surface area contributed by atoms with Crippen molar-refractivity contribution in [1.82, 2.24) is 4.90 Å². The van der Waals surface area contributed by atoms with Gasteiger partial charge >= 0.3 is 0 Å². The second-order valence-electron chi connectivity index (χ2n) is 6.68. The van der Waals surface area contributed by atoms with Crippen LogP contribution in [-0.2, 0) is 21.1 Å². The second-order valence-corrected chi connectivity index (χ2v) is 9.86. The van der Waals surface area contributed by atoms with Gasteiger partial charge in [-0.15, -0.1) is 0 Å². The van der Waals surface area contributed by atoms with Crippen molar-refractivity contribution in [1.29, 1.82) is 0 Å². The van der Waals surface area contributed by atoms with E-state index in [0.29, 0.717) is 27.2 Å². The van der Waals surface area contributed by atoms with Crippen molar-refractivity contribution in [3.8, 4) is 0 Å². The van der Waals surface area contributed by atoms with Gasteiger partial charge in [-0.05, 0) is 42.0 Å². The quantitative estimate of drug-likeness (QED) is 0.421. The van der Waals surface area contributed by atoms with Gasteiger partial charge in [0.25, 0.3) is 0 Å². The highest BCUT2D eigenvalue weighted by atomic mass is 35.5. The smallest absolute Gasteiger partial charge is 0.224 e. The number of benzene rings is 3. The number of sulfone groups is 1. The molecule has 0 bridgehead atoms. The Bertz CT molecular complexity index is 1200. The van der Waals surface area contributed by atoms with Crippen molar-refractivity contribution < 1.29 is 13.2 Å². The average molecular weight is 481 g/mol. The molecule has 4 rings (SSSR count). The highest BCUT2D eigenvalue weighted by Crippen LogP contribution is 2.41. The summed E-state index contributed by atoms with van der Waals surface area (Å²) < 4.78 is 32.6. The summed E-state index contributed by atoms with van der Waals surface area (Å²) in [4.78, 5) is 1.80. The molecule has 0 saturated carbocycles. The SMILES string of the molecule is O=S(=O)(C1=COC(c2ccc(Cl)cc2Cl)N1Cc1ccccc1)c1ccc(Cl)cc1. The minimum Gasteiger partial charge on any atom is -0.471 e. The third-order valence-electron chi connectivity index (χ3n) is 4.69. The van der Waals surface area contributed by atoms with Gasteiger partial charge in [0.2, 0.25) is 9.84 Å². The van der Waals surface area contributed by atoms with Crippen LogP contribution in [0.5, 0.6) is 0 Å². The first-order valence-corrected chi connectivity index (χ1v) is 11.6. The first-order chi connectivity index (χ1) is 14.4. The molecular weight excluding hydrogens is 465 g/mol. The van der Waals surface area contributed by atoms with E-state index < -0.39 is 16.1 Å².